The maximum absolute atomic E-state index is 16.5. The minimum Gasteiger partial charge on any atom is -0.456 e. The molecule has 5 heteroatoms. The summed E-state index contributed by atoms with van der Waals surface area (Å²) in [5.41, 5.74) is 10.5. The van der Waals surface area contributed by atoms with Crippen molar-refractivity contribution in [2.24, 2.45) is 0 Å². The predicted molar refractivity (Wildman–Crippen MR) is 223 cm³/mol. The normalized spacial score (nSPS) is 18.0. The number of fused-ring (bicyclic) bond motifs is 11. The second-order valence-electron chi connectivity index (χ2n) is 14.3. The number of furan rings is 1. The highest BCUT2D eigenvalue weighted by molar-refractivity contribution is 7.85. The molecule has 4 nitrogen and oxygen atoms in total. The standard InChI is InChI=1S/C50H31N2O2P/c51-32-33-14-13-15-34(28-33)35-26-27-41-45(29-35)52(36-16-3-1-4-17-36)44-23-10-8-21-40(44)50(41)42-22-9-12-25-48(42)55(53,37-18-5-2-6-19-37)49-31-47-39(30-43(49)50)38-20-7-11-24-46(38)54-47/h1-31H. The van der Waals surface area contributed by atoms with Crippen molar-refractivity contribution in [2.75, 3.05) is 4.90 Å². The van der Waals surface area contributed by atoms with Crippen LogP contribution in [0.2, 0.25) is 0 Å². The zero-order valence-electron chi connectivity index (χ0n) is 29.6. The number of hydrogen-bond donors (Lipinski definition) is 0. The van der Waals surface area contributed by atoms with E-state index < -0.39 is 12.6 Å². The molecule has 0 N–H and O–H groups in total. The molecule has 1 aromatic heterocycles. The molecule has 9 aromatic rings. The molecule has 0 saturated carbocycles. The summed E-state index contributed by atoms with van der Waals surface area (Å²) in [5.74, 6) is 0. The average molecular weight is 723 g/mol. The Bertz CT molecular complexity index is 3110. The molecule has 0 radical (unpaired) electrons. The third kappa shape index (κ3) is 4.30. The zero-order valence-corrected chi connectivity index (χ0v) is 30.5. The minimum absolute atomic E-state index is 0.611. The van der Waals surface area contributed by atoms with E-state index in [2.05, 4.69) is 120 Å². The van der Waals surface area contributed by atoms with E-state index in [-0.39, 0.29) is 0 Å². The fraction of sp³-hybridized carbons (Fsp3) is 0.0200. The zero-order chi connectivity index (χ0) is 36.7. The topological polar surface area (TPSA) is 57.2 Å². The van der Waals surface area contributed by atoms with Crippen molar-refractivity contribution in [1.82, 2.24) is 0 Å². The van der Waals surface area contributed by atoms with Crippen LogP contribution in [0, 0.1) is 11.3 Å². The summed E-state index contributed by atoms with van der Waals surface area (Å²) >= 11 is 0. The smallest absolute Gasteiger partial charge is 0.171 e. The molecule has 258 valence electrons. The van der Waals surface area contributed by atoms with Crippen molar-refractivity contribution < 1.29 is 8.98 Å². The molecule has 8 aromatic carbocycles. The molecular weight excluding hydrogens is 692 g/mol. The van der Waals surface area contributed by atoms with Crippen LogP contribution in [-0.4, -0.2) is 0 Å². The highest BCUT2D eigenvalue weighted by Gasteiger charge is 2.55. The molecule has 11 rings (SSSR count). The largest absolute Gasteiger partial charge is 0.456 e. The minimum atomic E-state index is -3.45. The van der Waals surface area contributed by atoms with Gasteiger partial charge in [-0.15, -0.1) is 0 Å². The molecule has 0 fully saturated rings. The first kappa shape index (κ1) is 31.6. The van der Waals surface area contributed by atoms with Crippen molar-refractivity contribution >= 4 is 62.1 Å². The van der Waals surface area contributed by atoms with Gasteiger partial charge in [-0.1, -0.05) is 133 Å². The SMILES string of the molecule is N#Cc1cccc(-c2ccc3c(c2)N(c2ccccc2)c2ccccc2C32c3ccccc3P(=O)(c3ccccc3)c3cc4oc5ccccc5c4cc32)c1. The Morgan fingerprint density at radius 1 is 0.509 bits per heavy atom. The summed E-state index contributed by atoms with van der Waals surface area (Å²) in [6.45, 7) is 0. The van der Waals surface area contributed by atoms with Gasteiger partial charge in [0.15, 0.2) is 7.14 Å². The van der Waals surface area contributed by atoms with E-state index >= 15 is 4.57 Å². The molecular formula is C50H31N2O2P. The lowest BCUT2D eigenvalue weighted by Gasteiger charge is -2.50. The third-order valence-corrected chi connectivity index (χ3v) is 14.7. The fourth-order valence-electron chi connectivity index (χ4n) is 9.26. The summed E-state index contributed by atoms with van der Waals surface area (Å²) in [5, 5.41) is 14.2. The number of benzene rings is 8. The van der Waals surface area contributed by atoms with Gasteiger partial charge in [-0.05, 0) is 88.0 Å². The van der Waals surface area contributed by atoms with Crippen molar-refractivity contribution in [3.63, 3.8) is 0 Å². The van der Waals surface area contributed by atoms with Gasteiger partial charge in [-0.2, -0.15) is 5.26 Å². The van der Waals surface area contributed by atoms with E-state index in [1.54, 1.807) is 0 Å². The Labute approximate surface area is 318 Å². The molecule has 2 atom stereocenters. The van der Waals surface area contributed by atoms with E-state index in [1.165, 1.54) is 0 Å². The second kappa shape index (κ2) is 11.8. The van der Waals surface area contributed by atoms with Gasteiger partial charge in [0.2, 0.25) is 0 Å². The summed E-state index contributed by atoms with van der Waals surface area (Å²) < 4.78 is 23.1. The number of anilines is 3. The van der Waals surface area contributed by atoms with E-state index in [0.29, 0.717) is 11.1 Å². The van der Waals surface area contributed by atoms with Crippen LogP contribution < -0.4 is 20.8 Å². The second-order valence-corrected chi connectivity index (χ2v) is 17.0. The Morgan fingerprint density at radius 2 is 1.20 bits per heavy atom. The number of nitriles is 1. The summed E-state index contributed by atoms with van der Waals surface area (Å²) in [6, 6.07) is 66.7. The van der Waals surface area contributed by atoms with Crippen LogP contribution in [0.4, 0.5) is 17.1 Å². The van der Waals surface area contributed by atoms with Crippen LogP contribution in [0.1, 0.15) is 27.8 Å². The third-order valence-electron chi connectivity index (χ3n) is 11.5. The molecule has 2 unspecified atom stereocenters. The molecule has 0 amide bonds. The average Bonchev–Trinajstić information content (AvgIpc) is 3.63. The first-order chi connectivity index (χ1) is 27.1. The number of hydrogen-bond acceptors (Lipinski definition) is 4. The van der Waals surface area contributed by atoms with Gasteiger partial charge in [0, 0.05) is 32.4 Å². The Morgan fingerprint density at radius 3 is 2.04 bits per heavy atom. The molecule has 1 spiro atoms. The van der Waals surface area contributed by atoms with Crippen LogP contribution in [0.3, 0.4) is 0 Å². The Balaban J connectivity index is 1.34. The van der Waals surface area contributed by atoms with Crippen molar-refractivity contribution in [3.8, 4) is 17.2 Å². The lowest BCUT2D eigenvalue weighted by molar-refractivity contribution is 0.590. The molecule has 0 aliphatic carbocycles. The number of para-hydroxylation sites is 3. The fourth-order valence-corrected chi connectivity index (χ4v) is 12.4. The molecule has 2 aliphatic rings. The lowest BCUT2D eigenvalue weighted by Crippen LogP contribution is -2.49. The van der Waals surface area contributed by atoms with Crippen molar-refractivity contribution in [3.05, 3.63) is 216 Å². The first-order valence-corrected chi connectivity index (χ1v) is 20.1. The summed E-state index contributed by atoms with van der Waals surface area (Å²) in [6.07, 6.45) is 0. The Hall–Kier alpha value is -6.92. The van der Waals surface area contributed by atoms with Crippen LogP contribution in [-0.2, 0) is 9.98 Å². The van der Waals surface area contributed by atoms with Gasteiger partial charge in [-0.25, -0.2) is 0 Å². The van der Waals surface area contributed by atoms with Crippen LogP contribution in [0.25, 0.3) is 33.1 Å². The molecule has 2 aliphatic heterocycles. The van der Waals surface area contributed by atoms with Gasteiger partial charge in [0.1, 0.15) is 11.2 Å². The van der Waals surface area contributed by atoms with Crippen molar-refractivity contribution in [1.29, 1.82) is 5.26 Å². The molecule has 0 saturated heterocycles. The predicted octanol–water partition coefficient (Wildman–Crippen LogP) is 11.2. The van der Waals surface area contributed by atoms with Crippen LogP contribution >= 0.6 is 7.14 Å². The van der Waals surface area contributed by atoms with Gasteiger partial charge >= 0.3 is 0 Å². The summed E-state index contributed by atoms with van der Waals surface area (Å²) in [7, 11) is -3.45. The Kier molecular flexibility index (Phi) is 6.77. The van der Waals surface area contributed by atoms with Crippen LogP contribution in [0.15, 0.2) is 192 Å². The maximum Gasteiger partial charge on any atom is 0.171 e. The molecule has 3 heterocycles. The maximum atomic E-state index is 16.5. The first-order valence-electron chi connectivity index (χ1n) is 18.4. The van der Waals surface area contributed by atoms with E-state index in [4.69, 9.17) is 4.42 Å². The van der Waals surface area contributed by atoms with E-state index in [1.807, 2.05) is 78.9 Å². The highest BCUT2D eigenvalue weighted by Crippen LogP contribution is 2.63. The monoisotopic (exact) mass is 722 g/mol. The van der Waals surface area contributed by atoms with Gasteiger partial charge in [0.25, 0.3) is 0 Å². The van der Waals surface area contributed by atoms with Crippen LogP contribution in [0.5, 0.6) is 0 Å². The number of rotatable bonds is 3. The highest BCUT2D eigenvalue weighted by atomic mass is 31.2. The van der Waals surface area contributed by atoms with Gasteiger partial charge in [-0.3, -0.25) is 0 Å². The molecule has 0 bridgehead atoms. The van der Waals surface area contributed by atoms with E-state index in [9.17, 15) is 5.26 Å². The number of nitrogens with zero attached hydrogens (tertiary/aromatic N) is 2. The lowest BCUT2D eigenvalue weighted by atomic mass is 9.61. The van der Waals surface area contributed by atoms with E-state index in [0.717, 1.165) is 82.7 Å². The van der Waals surface area contributed by atoms with Crippen molar-refractivity contribution in [2.45, 2.75) is 5.41 Å². The van der Waals surface area contributed by atoms with Gasteiger partial charge in [0.05, 0.1) is 28.4 Å². The quantitative estimate of drug-likeness (QED) is 0.170. The van der Waals surface area contributed by atoms with Gasteiger partial charge < -0.3 is 13.9 Å². The summed E-state index contributed by atoms with van der Waals surface area (Å²) in [4.78, 5) is 2.35. The molecule has 55 heavy (non-hydrogen) atoms.